The summed E-state index contributed by atoms with van der Waals surface area (Å²) in [5.74, 6) is 0.482. The fourth-order valence-electron chi connectivity index (χ4n) is 4.86. The lowest BCUT2D eigenvalue weighted by Gasteiger charge is -2.33. The summed E-state index contributed by atoms with van der Waals surface area (Å²) in [6, 6.07) is 6.59. The molecule has 2 aliphatic rings. The van der Waals surface area contributed by atoms with Crippen LogP contribution in [-0.2, 0) is 17.4 Å². The molecule has 0 radical (unpaired) electrons. The molecule has 3 atom stereocenters. The van der Waals surface area contributed by atoms with Gasteiger partial charge in [-0.1, -0.05) is 48.7 Å². The molecule has 0 amide bonds. The number of carbonyl (C=O) groups excluding carboxylic acids is 1. The Kier molecular flexibility index (Phi) is 3.91. The zero-order valence-electron chi connectivity index (χ0n) is 14.9. The average molecular weight is 359 g/mol. The molecule has 0 spiro atoms. The predicted molar refractivity (Wildman–Crippen MR) is 96.9 cm³/mol. The van der Waals surface area contributed by atoms with E-state index in [1.165, 1.54) is 27.6 Å². The molecule has 132 valence electrons. The normalized spacial score (nSPS) is 26.7. The van der Waals surface area contributed by atoms with Crippen LogP contribution >= 0.6 is 11.6 Å². The molecule has 4 rings (SSSR count). The van der Waals surface area contributed by atoms with E-state index in [1.807, 2.05) is 0 Å². The molecule has 1 saturated carbocycles. The molecule has 3 unspecified atom stereocenters. The van der Waals surface area contributed by atoms with Crippen LogP contribution in [0.5, 0.6) is 0 Å². The number of fused-ring (bicyclic) bond motifs is 5. The number of carbonyl (C=O) groups is 1. The first-order valence-corrected chi connectivity index (χ1v) is 9.37. The largest absolute Gasteiger partial charge is 0.450 e. The lowest BCUT2D eigenvalue weighted by Crippen LogP contribution is -2.34. The summed E-state index contributed by atoms with van der Waals surface area (Å²) in [6.45, 7) is 4.29. The highest BCUT2D eigenvalue weighted by Crippen LogP contribution is 2.63. The highest BCUT2D eigenvalue weighted by Gasteiger charge is 2.59. The summed E-state index contributed by atoms with van der Waals surface area (Å²) in [4.78, 5) is 12.9. The van der Waals surface area contributed by atoms with E-state index in [0.29, 0.717) is 22.6 Å². The third-order valence-electron chi connectivity index (χ3n) is 5.94. The maximum atomic E-state index is 12.9. The summed E-state index contributed by atoms with van der Waals surface area (Å²) < 4.78 is 7.73. The van der Waals surface area contributed by atoms with Gasteiger partial charge in [0.2, 0.25) is 0 Å². The number of nitrogens with zero attached hydrogens (tertiary/aromatic N) is 2. The fourth-order valence-corrected chi connectivity index (χ4v) is 5.02. The molecule has 1 heterocycles. The van der Waals surface area contributed by atoms with Gasteiger partial charge in [0, 0.05) is 13.0 Å². The Morgan fingerprint density at radius 2 is 2.28 bits per heavy atom. The number of halogens is 1. The maximum absolute atomic E-state index is 12.9. The summed E-state index contributed by atoms with van der Waals surface area (Å²) in [6.07, 6.45) is 5.61. The Labute approximate surface area is 153 Å². The molecule has 2 bridgehead atoms. The maximum Gasteiger partial charge on any atom is 0.343 e. The van der Waals surface area contributed by atoms with Crippen molar-refractivity contribution in [1.82, 2.24) is 9.78 Å². The van der Waals surface area contributed by atoms with Crippen LogP contribution in [0.4, 0.5) is 0 Å². The summed E-state index contributed by atoms with van der Waals surface area (Å²) in [5.41, 5.74) is 3.60. The van der Waals surface area contributed by atoms with Crippen LogP contribution in [0.25, 0.3) is 0 Å². The summed E-state index contributed by atoms with van der Waals surface area (Å²) >= 11 is 6.21. The molecule has 2 aromatic rings. The van der Waals surface area contributed by atoms with Crippen molar-refractivity contribution >= 4 is 17.6 Å². The van der Waals surface area contributed by atoms with Crippen molar-refractivity contribution in [2.75, 3.05) is 0 Å². The summed E-state index contributed by atoms with van der Waals surface area (Å²) in [5, 5.41) is 4.39. The van der Waals surface area contributed by atoms with E-state index in [9.17, 15) is 4.79 Å². The van der Waals surface area contributed by atoms with Gasteiger partial charge in [0.15, 0.2) is 0 Å². The van der Waals surface area contributed by atoms with Gasteiger partial charge < -0.3 is 4.74 Å². The monoisotopic (exact) mass is 358 g/mol. The van der Waals surface area contributed by atoms with Gasteiger partial charge in [0.1, 0.15) is 16.3 Å². The van der Waals surface area contributed by atoms with Crippen molar-refractivity contribution in [2.24, 2.45) is 13.0 Å². The van der Waals surface area contributed by atoms with E-state index in [4.69, 9.17) is 16.3 Å². The van der Waals surface area contributed by atoms with Crippen LogP contribution < -0.4 is 0 Å². The van der Waals surface area contributed by atoms with Gasteiger partial charge in [-0.2, -0.15) is 5.10 Å². The first-order valence-electron chi connectivity index (χ1n) is 8.99. The van der Waals surface area contributed by atoms with Gasteiger partial charge in [-0.15, -0.1) is 0 Å². The second-order valence-electron chi connectivity index (χ2n) is 7.38. The number of hydrogen-bond acceptors (Lipinski definition) is 3. The molecule has 1 fully saturated rings. The molecular formula is C20H23ClN2O2. The number of aryl methyl sites for hydroxylation is 2. The van der Waals surface area contributed by atoms with Crippen LogP contribution in [0.3, 0.4) is 0 Å². The number of benzene rings is 1. The van der Waals surface area contributed by atoms with Gasteiger partial charge in [-0.05, 0) is 43.2 Å². The first kappa shape index (κ1) is 16.6. The molecule has 2 aliphatic carbocycles. The van der Waals surface area contributed by atoms with E-state index in [2.05, 4.69) is 37.1 Å². The fraction of sp³-hybridized carbons (Fsp3) is 0.500. The van der Waals surface area contributed by atoms with Crippen molar-refractivity contribution in [3.63, 3.8) is 0 Å². The molecule has 4 nitrogen and oxygen atoms in total. The lowest BCUT2D eigenvalue weighted by atomic mass is 9.85. The predicted octanol–water partition coefficient (Wildman–Crippen LogP) is 4.74. The van der Waals surface area contributed by atoms with E-state index in [0.717, 1.165) is 25.7 Å². The molecule has 0 N–H and O–H groups in total. The highest BCUT2D eigenvalue weighted by atomic mass is 35.5. The average Bonchev–Trinajstić information content (AvgIpc) is 3.17. The highest BCUT2D eigenvalue weighted by molar-refractivity contribution is 6.32. The zero-order chi connectivity index (χ0) is 17.8. The van der Waals surface area contributed by atoms with Crippen LogP contribution in [0.1, 0.15) is 65.6 Å². The molecule has 1 aromatic heterocycles. The van der Waals surface area contributed by atoms with E-state index >= 15 is 0 Å². The minimum atomic E-state index is -0.516. The number of esters is 1. The smallest absolute Gasteiger partial charge is 0.343 e. The molecule has 5 heteroatoms. The minimum Gasteiger partial charge on any atom is -0.450 e. The van der Waals surface area contributed by atoms with Crippen molar-refractivity contribution in [2.45, 2.75) is 51.0 Å². The molecule has 0 aliphatic heterocycles. The summed E-state index contributed by atoms with van der Waals surface area (Å²) in [7, 11) is 1.72. The van der Waals surface area contributed by atoms with Gasteiger partial charge in [-0.3, -0.25) is 4.68 Å². The molecule has 25 heavy (non-hydrogen) atoms. The van der Waals surface area contributed by atoms with Crippen molar-refractivity contribution in [3.8, 4) is 0 Å². The van der Waals surface area contributed by atoms with E-state index in [-0.39, 0.29) is 5.97 Å². The zero-order valence-corrected chi connectivity index (χ0v) is 15.6. The topological polar surface area (TPSA) is 44.1 Å². The number of rotatable bonds is 4. The van der Waals surface area contributed by atoms with Gasteiger partial charge in [0.25, 0.3) is 0 Å². The lowest BCUT2D eigenvalue weighted by molar-refractivity contribution is -0.0411. The number of aromatic nitrogens is 2. The second-order valence-corrected chi connectivity index (χ2v) is 7.74. The van der Waals surface area contributed by atoms with E-state index < -0.39 is 5.60 Å². The molecule has 1 aromatic carbocycles. The second kappa shape index (κ2) is 5.87. The van der Waals surface area contributed by atoms with Crippen LogP contribution in [0, 0.1) is 12.8 Å². The molecule has 0 saturated heterocycles. The van der Waals surface area contributed by atoms with Crippen LogP contribution in [-0.4, -0.2) is 15.7 Å². The van der Waals surface area contributed by atoms with Crippen molar-refractivity contribution in [1.29, 1.82) is 0 Å². The Balaban J connectivity index is 1.76. The van der Waals surface area contributed by atoms with Crippen molar-refractivity contribution < 1.29 is 9.53 Å². The van der Waals surface area contributed by atoms with Gasteiger partial charge in [-0.25, -0.2) is 4.79 Å². The van der Waals surface area contributed by atoms with Crippen LogP contribution in [0.2, 0.25) is 5.15 Å². The standard InChI is InChI=1S/C20H23ClN2O2/c1-4-5-16-14-8-9-20(16,17-10-12(2)6-7-13(14)17)25-19(24)15-11-22-23(3)18(15)21/h6-7,10-11,14,16H,4-5,8-9H2,1-3H3. The van der Waals surface area contributed by atoms with Crippen LogP contribution in [0.15, 0.2) is 24.4 Å². The number of ether oxygens (including phenoxy) is 1. The molecular weight excluding hydrogens is 336 g/mol. The van der Waals surface area contributed by atoms with Gasteiger partial charge >= 0.3 is 5.97 Å². The third-order valence-corrected chi connectivity index (χ3v) is 6.38. The Morgan fingerprint density at radius 3 is 2.96 bits per heavy atom. The first-order chi connectivity index (χ1) is 12.0. The van der Waals surface area contributed by atoms with E-state index in [1.54, 1.807) is 7.05 Å². The minimum absolute atomic E-state index is 0.324. The Hall–Kier alpha value is -1.81. The quantitative estimate of drug-likeness (QED) is 0.741. The Bertz CT molecular complexity index is 844. The third kappa shape index (κ3) is 2.34. The SMILES string of the molecule is CCCC1C2CCC1(OC(=O)c1cnn(C)c1Cl)c1cc(C)ccc12. The Morgan fingerprint density at radius 1 is 1.48 bits per heavy atom. The number of hydrogen-bond donors (Lipinski definition) is 0. The van der Waals surface area contributed by atoms with Crippen molar-refractivity contribution in [3.05, 3.63) is 51.8 Å². The van der Waals surface area contributed by atoms with Gasteiger partial charge in [0.05, 0.1) is 6.20 Å².